The summed E-state index contributed by atoms with van der Waals surface area (Å²) in [4.78, 5) is 30.2. The third kappa shape index (κ3) is 4.64. The van der Waals surface area contributed by atoms with E-state index in [1.54, 1.807) is 12.1 Å². The van der Waals surface area contributed by atoms with Gasteiger partial charge in [0.2, 0.25) is 5.88 Å². The highest BCUT2D eigenvalue weighted by atomic mass is 16.6. The van der Waals surface area contributed by atoms with E-state index in [0.717, 1.165) is 49.2 Å². The number of nitro benzene ring substituents is 1. The van der Waals surface area contributed by atoms with Crippen LogP contribution in [0.1, 0.15) is 46.4 Å². The maximum absolute atomic E-state index is 12.6. The SMILES string of the molecule is COc1nc(C)cc(C)c1CNC(=O)c1ccc(N2CCCCC2)c([N+](=O)[O-])c1. The van der Waals surface area contributed by atoms with Crippen molar-refractivity contribution in [2.75, 3.05) is 25.1 Å². The number of nitro groups is 1. The number of carbonyl (C=O) groups is 1. The highest BCUT2D eigenvalue weighted by Gasteiger charge is 2.23. The molecule has 2 heterocycles. The normalized spacial score (nSPS) is 13.8. The Kier molecular flexibility index (Phi) is 6.31. The predicted octanol–water partition coefficient (Wildman–Crippen LogP) is 3.54. The molecule has 29 heavy (non-hydrogen) atoms. The van der Waals surface area contributed by atoms with E-state index in [-0.39, 0.29) is 23.7 Å². The summed E-state index contributed by atoms with van der Waals surface area (Å²) < 4.78 is 5.32. The van der Waals surface area contributed by atoms with Crippen LogP contribution in [0.5, 0.6) is 5.88 Å². The number of aryl methyl sites for hydroxylation is 2. The smallest absolute Gasteiger partial charge is 0.293 e. The predicted molar refractivity (Wildman–Crippen MR) is 111 cm³/mol. The average molecular weight is 398 g/mol. The Balaban J connectivity index is 1.79. The summed E-state index contributed by atoms with van der Waals surface area (Å²) in [5, 5.41) is 14.4. The molecular weight excluding hydrogens is 372 g/mol. The van der Waals surface area contributed by atoms with Crippen LogP contribution < -0.4 is 15.0 Å². The van der Waals surface area contributed by atoms with Gasteiger partial charge < -0.3 is 15.0 Å². The van der Waals surface area contributed by atoms with Crippen molar-refractivity contribution in [2.24, 2.45) is 0 Å². The van der Waals surface area contributed by atoms with E-state index in [2.05, 4.69) is 10.3 Å². The standard InChI is InChI=1S/C21H26N4O4/c1-14-11-15(2)23-21(29-3)17(14)13-22-20(26)16-7-8-18(19(12-16)25(27)28)24-9-5-4-6-10-24/h7-8,11-12H,4-6,9-10,13H2,1-3H3,(H,22,26). The number of nitrogens with zero attached hydrogens (tertiary/aromatic N) is 3. The van der Waals surface area contributed by atoms with Gasteiger partial charge in [-0.2, -0.15) is 0 Å². The molecule has 0 saturated carbocycles. The van der Waals surface area contributed by atoms with Gasteiger partial charge in [-0.05, 0) is 56.9 Å². The molecule has 8 nitrogen and oxygen atoms in total. The Morgan fingerprint density at radius 2 is 1.97 bits per heavy atom. The van der Waals surface area contributed by atoms with Crippen LogP contribution >= 0.6 is 0 Å². The summed E-state index contributed by atoms with van der Waals surface area (Å²) >= 11 is 0. The number of aromatic nitrogens is 1. The fourth-order valence-corrected chi connectivity index (χ4v) is 3.70. The van der Waals surface area contributed by atoms with Crippen molar-refractivity contribution < 1.29 is 14.5 Å². The first kappa shape index (κ1) is 20.6. The van der Waals surface area contributed by atoms with Crippen molar-refractivity contribution >= 4 is 17.3 Å². The molecule has 1 N–H and O–H groups in total. The van der Waals surface area contributed by atoms with Crippen LogP contribution in [0.4, 0.5) is 11.4 Å². The minimum absolute atomic E-state index is 0.0367. The zero-order valence-corrected chi connectivity index (χ0v) is 17.0. The molecule has 0 radical (unpaired) electrons. The molecule has 1 saturated heterocycles. The molecule has 0 aliphatic carbocycles. The van der Waals surface area contributed by atoms with Crippen LogP contribution in [0, 0.1) is 24.0 Å². The first-order chi connectivity index (χ1) is 13.9. The number of rotatable bonds is 6. The van der Waals surface area contributed by atoms with Crippen LogP contribution in [0.25, 0.3) is 0 Å². The van der Waals surface area contributed by atoms with Gasteiger partial charge in [-0.1, -0.05) is 0 Å². The first-order valence-electron chi connectivity index (χ1n) is 9.73. The number of ether oxygens (including phenoxy) is 1. The van der Waals surface area contributed by atoms with E-state index in [1.165, 1.54) is 13.2 Å². The Labute approximate surface area is 170 Å². The molecule has 1 aromatic heterocycles. The van der Waals surface area contributed by atoms with Crippen LogP contribution in [0.2, 0.25) is 0 Å². The maximum Gasteiger partial charge on any atom is 0.293 e. The summed E-state index contributed by atoms with van der Waals surface area (Å²) in [5.41, 5.74) is 3.37. The summed E-state index contributed by atoms with van der Waals surface area (Å²) in [5.74, 6) is 0.0922. The molecule has 0 unspecified atom stereocenters. The molecule has 1 fully saturated rings. The number of methoxy groups -OCH3 is 1. The van der Waals surface area contributed by atoms with Gasteiger partial charge in [0.25, 0.3) is 11.6 Å². The Hall–Kier alpha value is -3.16. The molecule has 3 rings (SSSR count). The minimum Gasteiger partial charge on any atom is -0.481 e. The second-order valence-corrected chi connectivity index (χ2v) is 7.26. The van der Waals surface area contributed by atoms with Gasteiger partial charge in [-0.25, -0.2) is 4.98 Å². The molecule has 8 heteroatoms. The second kappa shape index (κ2) is 8.89. The van der Waals surface area contributed by atoms with Crippen molar-refractivity contribution in [1.82, 2.24) is 10.3 Å². The van der Waals surface area contributed by atoms with Gasteiger partial charge in [-0.15, -0.1) is 0 Å². The van der Waals surface area contributed by atoms with E-state index in [1.807, 2.05) is 24.8 Å². The van der Waals surface area contributed by atoms with Crippen LogP contribution in [0.3, 0.4) is 0 Å². The highest BCUT2D eigenvalue weighted by molar-refractivity contribution is 5.95. The first-order valence-corrected chi connectivity index (χ1v) is 9.73. The van der Waals surface area contributed by atoms with Crippen molar-refractivity contribution in [1.29, 1.82) is 0 Å². The molecule has 0 atom stereocenters. The van der Waals surface area contributed by atoms with Crippen molar-refractivity contribution in [2.45, 2.75) is 39.7 Å². The lowest BCUT2D eigenvalue weighted by Gasteiger charge is -2.28. The number of benzene rings is 1. The summed E-state index contributed by atoms with van der Waals surface area (Å²) in [6, 6.07) is 6.60. The van der Waals surface area contributed by atoms with Crippen LogP contribution in [-0.2, 0) is 6.54 Å². The third-order valence-electron chi connectivity index (χ3n) is 5.19. The number of amides is 1. The number of piperidine rings is 1. The van der Waals surface area contributed by atoms with Gasteiger partial charge in [0.15, 0.2) is 0 Å². The molecule has 154 valence electrons. The number of anilines is 1. The average Bonchev–Trinajstić information content (AvgIpc) is 2.72. The Bertz CT molecular complexity index is 923. The second-order valence-electron chi connectivity index (χ2n) is 7.26. The van der Waals surface area contributed by atoms with Gasteiger partial charge in [-0.3, -0.25) is 14.9 Å². The largest absolute Gasteiger partial charge is 0.481 e. The molecule has 1 aliphatic heterocycles. The van der Waals surface area contributed by atoms with Gasteiger partial charge in [0.05, 0.1) is 12.0 Å². The fraction of sp³-hybridized carbons (Fsp3) is 0.429. The minimum atomic E-state index is -0.419. The molecule has 1 aromatic carbocycles. The van der Waals surface area contributed by atoms with Crippen molar-refractivity contribution in [3.05, 3.63) is 56.8 Å². The molecule has 1 amide bonds. The van der Waals surface area contributed by atoms with E-state index in [4.69, 9.17) is 4.74 Å². The quantitative estimate of drug-likeness (QED) is 0.590. The van der Waals surface area contributed by atoms with Gasteiger partial charge >= 0.3 is 0 Å². The summed E-state index contributed by atoms with van der Waals surface area (Å²) in [6.07, 6.45) is 3.18. The molecule has 2 aromatic rings. The molecule has 0 spiro atoms. The van der Waals surface area contributed by atoms with E-state index >= 15 is 0 Å². The third-order valence-corrected chi connectivity index (χ3v) is 5.19. The topological polar surface area (TPSA) is 97.6 Å². The van der Waals surface area contributed by atoms with E-state index in [9.17, 15) is 14.9 Å². The van der Waals surface area contributed by atoms with Crippen molar-refractivity contribution in [3.63, 3.8) is 0 Å². The number of hydrogen-bond acceptors (Lipinski definition) is 6. The number of nitrogens with one attached hydrogen (secondary N) is 1. The van der Waals surface area contributed by atoms with Crippen LogP contribution in [-0.4, -0.2) is 36.0 Å². The fourth-order valence-electron chi connectivity index (χ4n) is 3.70. The van der Waals surface area contributed by atoms with Crippen LogP contribution in [0.15, 0.2) is 24.3 Å². The lowest BCUT2D eigenvalue weighted by molar-refractivity contribution is -0.384. The lowest BCUT2D eigenvalue weighted by Crippen LogP contribution is -2.30. The van der Waals surface area contributed by atoms with E-state index in [0.29, 0.717) is 11.6 Å². The van der Waals surface area contributed by atoms with Gasteiger partial charge in [0, 0.05) is 42.5 Å². The summed E-state index contributed by atoms with van der Waals surface area (Å²) in [6.45, 7) is 5.62. The van der Waals surface area contributed by atoms with Gasteiger partial charge in [0.1, 0.15) is 5.69 Å². The summed E-state index contributed by atoms with van der Waals surface area (Å²) in [7, 11) is 1.54. The zero-order valence-electron chi connectivity index (χ0n) is 17.0. The maximum atomic E-state index is 12.6. The Morgan fingerprint density at radius 3 is 2.62 bits per heavy atom. The highest BCUT2D eigenvalue weighted by Crippen LogP contribution is 2.31. The number of carbonyl (C=O) groups excluding carboxylic acids is 1. The van der Waals surface area contributed by atoms with E-state index < -0.39 is 4.92 Å². The monoisotopic (exact) mass is 398 g/mol. The molecule has 1 aliphatic rings. The molecular formula is C21H26N4O4. The Morgan fingerprint density at radius 1 is 1.24 bits per heavy atom. The number of hydrogen-bond donors (Lipinski definition) is 1. The number of pyridine rings is 1. The van der Waals surface area contributed by atoms with Crippen molar-refractivity contribution in [3.8, 4) is 5.88 Å². The molecule has 0 bridgehead atoms. The zero-order chi connectivity index (χ0) is 21.0. The lowest BCUT2D eigenvalue weighted by atomic mass is 10.1.